The number of aromatic nitrogens is 1. The van der Waals surface area contributed by atoms with Crippen LogP contribution in [0.15, 0.2) is 34.7 Å². The third-order valence-corrected chi connectivity index (χ3v) is 4.57. The molecule has 1 N–H and O–H groups in total. The first-order valence-electron chi connectivity index (χ1n) is 8.80. The van der Waals surface area contributed by atoms with Gasteiger partial charge in [0.1, 0.15) is 0 Å². The van der Waals surface area contributed by atoms with Crippen LogP contribution in [0.3, 0.4) is 0 Å². The normalized spacial score (nSPS) is 20.4. The van der Waals surface area contributed by atoms with Crippen LogP contribution in [0.2, 0.25) is 0 Å². The summed E-state index contributed by atoms with van der Waals surface area (Å²) < 4.78 is 49.8. The molecular weight excluding hydrogens is 361 g/mol. The number of aryl methyl sites for hydroxylation is 2. The number of benzene rings is 1. The van der Waals surface area contributed by atoms with Crippen molar-refractivity contribution in [2.75, 3.05) is 13.2 Å². The van der Waals surface area contributed by atoms with Crippen LogP contribution in [0.4, 0.5) is 13.2 Å². The van der Waals surface area contributed by atoms with Crippen LogP contribution in [0.5, 0.6) is 0 Å². The smallest absolute Gasteiger partial charge is 0.395 e. The molecule has 1 amide bonds. The molecule has 0 bridgehead atoms. The van der Waals surface area contributed by atoms with Crippen molar-refractivity contribution in [3.05, 3.63) is 41.9 Å². The second-order valence-corrected chi connectivity index (χ2v) is 6.57. The van der Waals surface area contributed by atoms with E-state index in [0.717, 1.165) is 5.56 Å². The summed E-state index contributed by atoms with van der Waals surface area (Å²) in [6.45, 7) is 1.59. The SMILES string of the molecule is Cc1nc(CCC(=O)N[C@@H]2CCOC[C@@H]2C(F)(F)F)oc1-c1ccccc1. The fraction of sp³-hybridized carbons (Fsp3) is 0.474. The van der Waals surface area contributed by atoms with E-state index in [9.17, 15) is 18.0 Å². The highest BCUT2D eigenvalue weighted by atomic mass is 19.4. The molecule has 1 aliphatic heterocycles. The van der Waals surface area contributed by atoms with E-state index >= 15 is 0 Å². The second-order valence-electron chi connectivity index (χ2n) is 6.57. The number of oxazole rings is 1. The van der Waals surface area contributed by atoms with Crippen molar-refractivity contribution >= 4 is 5.91 Å². The van der Waals surface area contributed by atoms with Gasteiger partial charge in [0, 0.05) is 31.1 Å². The first kappa shape index (κ1) is 19.4. The number of halogens is 3. The molecule has 1 aromatic carbocycles. The number of nitrogens with zero attached hydrogens (tertiary/aromatic N) is 1. The maximum absolute atomic E-state index is 13.0. The zero-order valence-corrected chi connectivity index (χ0v) is 14.9. The van der Waals surface area contributed by atoms with E-state index in [1.54, 1.807) is 0 Å². The Morgan fingerprint density at radius 2 is 2.04 bits per heavy atom. The number of carbonyl (C=O) groups excluding carboxylic acids is 1. The molecule has 8 heteroatoms. The molecular formula is C19H21F3N2O3. The molecule has 3 rings (SSSR count). The van der Waals surface area contributed by atoms with E-state index in [4.69, 9.17) is 9.15 Å². The summed E-state index contributed by atoms with van der Waals surface area (Å²) in [4.78, 5) is 16.4. The highest BCUT2D eigenvalue weighted by Gasteiger charge is 2.46. The number of ether oxygens (including phenoxy) is 1. The Bertz CT molecular complexity index is 774. The number of hydrogen-bond donors (Lipinski definition) is 1. The molecule has 0 spiro atoms. The molecule has 0 saturated carbocycles. The number of rotatable bonds is 5. The van der Waals surface area contributed by atoms with Crippen LogP contribution < -0.4 is 5.32 Å². The Hall–Kier alpha value is -2.35. The molecule has 0 radical (unpaired) electrons. The van der Waals surface area contributed by atoms with Gasteiger partial charge in [0.15, 0.2) is 11.7 Å². The fourth-order valence-electron chi connectivity index (χ4n) is 3.15. The topological polar surface area (TPSA) is 64.4 Å². The lowest BCUT2D eigenvalue weighted by molar-refractivity contribution is -0.207. The summed E-state index contributed by atoms with van der Waals surface area (Å²) in [6, 6.07) is 8.49. The first-order valence-corrected chi connectivity index (χ1v) is 8.80. The van der Waals surface area contributed by atoms with Gasteiger partial charge in [-0.15, -0.1) is 0 Å². The van der Waals surface area contributed by atoms with Crippen LogP contribution in [0.25, 0.3) is 11.3 Å². The average Bonchev–Trinajstić information content (AvgIpc) is 3.01. The number of amides is 1. The highest BCUT2D eigenvalue weighted by Crippen LogP contribution is 2.32. The van der Waals surface area contributed by atoms with Crippen molar-refractivity contribution in [1.29, 1.82) is 0 Å². The summed E-state index contributed by atoms with van der Waals surface area (Å²) in [6.07, 6.45) is -4.02. The minimum absolute atomic E-state index is 0.0100. The molecule has 146 valence electrons. The molecule has 0 aliphatic carbocycles. The Kier molecular flexibility index (Phi) is 5.84. The maximum atomic E-state index is 13.0. The van der Waals surface area contributed by atoms with Crippen LogP contribution in [-0.2, 0) is 16.0 Å². The van der Waals surface area contributed by atoms with E-state index in [0.29, 0.717) is 17.3 Å². The first-order chi connectivity index (χ1) is 12.8. The van der Waals surface area contributed by atoms with Gasteiger partial charge in [-0.2, -0.15) is 13.2 Å². The largest absolute Gasteiger partial charge is 0.440 e. The predicted molar refractivity (Wildman–Crippen MR) is 91.9 cm³/mol. The summed E-state index contributed by atoms with van der Waals surface area (Å²) in [5, 5.41) is 2.49. The van der Waals surface area contributed by atoms with Crippen molar-refractivity contribution in [2.24, 2.45) is 5.92 Å². The Morgan fingerprint density at radius 3 is 2.74 bits per heavy atom. The summed E-state index contributed by atoms with van der Waals surface area (Å²) in [7, 11) is 0. The number of hydrogen-bond acceptors (Lipinski definition) is 4. The predicted octanol–water partition coefficient (Wildman–Crippen LogP) is 3.67. The molecule has 1 saturated heterocycles. The summed E-state index contributed by atoms with van der Waals surface area (Å²) in [5.41, 5.74) is 1.59. The summed E-state index contributed by atoms with van der Waals surface area (Å²) >= 11 is 0. The summed E-state index contributed by atoms with van der Waals surface area (Å²) in [5.74, 6) is -1.11. The quantitative estimate of drug-likeness (QED) is 0.857. The van der Waals surface area contributed by atoms with Crippen LogP contribution in [0, 0.1) is 12.8 Å². The van der Waals surface area contributed by atoms with Gasteiger partial charge in [-0.1, -0.05) is 30.3 Å². The maximum Gasteiger partial charge on any atom is 0.395 e. The highest BCUT2D eigenvalue weighted by molar-refractivity contribution is 5.76. The van der Waals surface area contributed by atoms with Crippen molar-refractivity contribution < 1.29 is 27.1 Å². The van der Waals surface area contributed by atoms with Gasteiger partial charge < -0.3 is 14.5 Å². The van der Waals surface area contributed by atoms with Crippen LogP contribution in [-0.4, -0.2) is 36.3 Å². The number of alkyl halides is 3. The van der Waals surface area contributed by atoms with Gasteiger partial charge in [-0.05, 0) is 13.3 Å². The van der Waals surface area contributed by atoms with Crippen LogP contribution in [0.1, 0.15) is 24.4 Å². The van der Waals surface area contributed by atoms with Gasteiger partial charge in [0.2, 0.25) is 5.91 Å². The molecule has 1 aromatic heterocycles. The van der Waals surface area contributed by atoms with Gasteiger partial charge in [-0.25, -0.2) is 4.98 Å². The minimum atomic E-state index is -4.40. The van der Waals surface area contributed by atoms with Crippen LogP contribution >= 0.6 is 0 Å². The Balaban J connectivity index is 1.58. The van der Waals surface area contributed by atoms with Crippen molar-refractivity contribution in [1.82, 2.24) is 10.3 Å². The molecule has 27 heavy (non-hydrogen) atoms. The van der Waals surface area contributed by atoms with Crippen molar-refractivity contribution in [2.45, 2.75) is 38.4 Å². The number of carbonyl (C=O) groups is 1. The zero-order valence-electron chi connectivity index (χ0n) is 14.9. The third-order valence-electron chi connectivity index (χ3n) is 4.57. The fourth-order valence-corrected chi connectivity index (χ4v) is 3.15. The lowest BCUT2D eigenvalue weighted by Crippen LogP contribution is -2.51. The minimum Gasteiger partial charge on any atom is -0.440 e. The van der Waals surface area contributed by atoms with Gasteiger partial charge >= 0.3 is 6.18 Å². The molecule has 1 fully saturated rings. The molecule has 2 atom stereocenters. The van der Waals surface area contributed by atoms with E-state index in [2.05, 4.69) is 10.3 Å². The lowest BCUT2D eigenvalue weighted by atomic mass is 9.95. The molecule has 0 unspecified atom stereocenters. The molecule has 1 aliphatic rings. The molecule has 2 heterocycles. The zero-order chi connectivity index (χ0) is 19.4. The molecule has 2 aromatic rings. The standard InChI is InChI=1S/C19H21F3N2O3/c1-12-18(13-5-3-2-4-6-13)27-17(23-12)8-7-16(25)24-15-9-10-26-11-14(15)19(20,21)22/h2-6,14-15H,7-11H2,1H3,(H,24,25)/t14-,15+/m0/s1. The van der Waals surface area contributed by atoms with Gasteiger partial charge in [-0.3, -0.25) is 4.79 Å². The van der Waals surface area contributed by atoms with Gasteiger partial charge in [0.05, 0.1) is 18.2 Å². The van der Waals surface area contributed by atoms with Crippen molar-refractivity contribution in [3.63, 3.8) is 0 Å². The Morgan fingerprint density at radius 1 is 1.30 bits per heavy atom. The van der Waals surface area contributed by atoms with Crippen molar-refractivity contribution in [3.8, 4) is 11.3 Å². The number of nitrogens with one attached hydrogen (secondary N) is 1. The van der Waals surface area contributed by atoms with E-state index in [-0.39, 0.29) is 25.9 Å². The third kappa shape index (κ3) is 4.88. The van der Waals surface area contributed by atoms with E-state index < -0.39 is 30.7 Å². The molecule has 5 nitrogen and oxygen atoms in total. The van der Waals surface area contributed by atoms with E-state index in [1.165, 1.54) is 0 Å². The lowest BCUT2D eigenvalue weighted by Gasteiger charge is -2.33. The average molecular weight is 382 g/mol. The van der Waals surface area contributed by atoms with Gasteiger partial charge in [0.25, 0.3) is 0 Å². The Labute approximate surface area is 154 Å². The van der Waals surface area contributed by atoms with E-state index in [1.807, 2.05) is 37.3 Å². The second kappa shape index (κ2) is 8.12. The monoisotopic (exact) mass is 382 g/mol.